The van der Waals surface area contributed by atoms with Crippen LogP contribution in [0.2, 0.25) is 0 Å². The Morgan fingerprint density at radius 2 is 2.39 bits per heavy atom. The van der Waals surface area contributed by atoms with Gasteiger partial charge in [0.25, 0.3) is 0 Å². The highest BCUT2D eigenvalue weighted by Gasteiger charge is 2.06. The Balaban J connectivity index is 1.87. The summed E-state index contributed by atoms with van der Waals surface area (Å²) < 4.78 is 0. The fraction of sp³-hybridized carbons (Fsp3) is 0.364. The van der Waals surface area contributed by atoms with Gasteiger partial charge in [-0.25, -0.2) is 9.97 Å². The predicted molar refractivity (Wildman–Crippen MR) is 74.8 cm³/mol. The number of hydrogen-bond donors (Lipinski definition) is 2. The average molecular weight is 282 g/mol. The zero-order valence-electron chi connectivity index (χ0n) is 9.76. The largest absolute Gasteiger partial charge is 0.355 e. The van der Waals surface area contributed by atoms with Crippen molar-refractivity contribution < 1.29 is 4.79 Å². The lowest BCUT2D eigenvalue weighted by atomic mass is 10.4. The first kappa shape index (κ1) is 13.3. The zero-order valence-corrected chi connectivity index (χ0v) is 11.4. The number of hydrogen-bond acceptors (Lipinski definition) is 6. The minimum absolute atomic E-state index is 0.0311. The molecule has 0 saturated heterocycles. The molecular formula is C11H14N4OS2. The van der Waals surface area contributed by atoms with Crippen molar-refractivity contribution in [1.82, 2.24) is 15.3 Å². The first-order valence-electron chi connectivity index (χ1n) is 5.59. The van der Waals surface area contributed by atoms with Crippen molar-refractivity contribution in [2.75, 3.05) is 18.8 Å². The van der Waals surface area contributed by atoms with Gasteiger partial charge < -0.3 is 11.1 Å². The highest BCUT2D eigenvalue weighted by Crippen LogP contribution is 2.27. The van der Waals surface area contributed by atoms with Gasteiger partial charge in [-0.2, -0.15) is 0 Å². The predicted octanol–water partition coefficient (Wildman–Crippen LogP) is 1.25. The Hall–Kier alpha value is -1.18. The summed E-state index contributed by atoms with van der Waals surface area (Å²) in [4.78, 5) is 20.8. The third kappa shape index (κ3) is 3.41. The van der Waals surface area contributed by atoms with E-state index in [1.54, 1.807) is 29.4 Å². The molecule has 0 aliphatic heterocycles. The lowest BCUT2D eigenvalue weighted by molar-refractivity contribution is -0.120. The Kier molecular flexibility index (Phi) is 4.91. The quantitative estimate of drug-likeness (QED) is 0.615. The zero-order chi connectivity index (χ0) is 12.8. The molecule has 0 unspecified atom stereocenters. The van der Waals surface area contributed by atoms with Crippen molar-refractivity contribution in [1.29, 1.82) is 0 Å². The molecule has 2 rings (SSSR count). The van der Waals surface area contributed by atoms with E-state index in [1.807, 2.05) is 11.4 Å². The average Bonchev–Trinajstić information content (AvgIpc) is 2.85. The molecule has 0 radical (unpaired) electrons. The van der Waals surface area contributed by atoms with Crippen LogP contribution in [0, 0.1) is 0 Å². The van der Waals surface area contributed by atoms with E-state index in [-0.39, 0.29) is 5.91 Å². The van der Waals surface area contributed by atoms with Gasteiger partial charge in [0.15, 0.2) is 0 Å². The van der Waals surface area contributed by atoms with Gasteiger partial charge in [0, 0.05) is 30.6 Å². The van der Waals surface area contributed by atoms with E-state index >= 15 is 0 Å². The summed E-state index contributed by atoms with van der Waals surface area (Å²) in [5, 5.41) is 6.74. The van der Waals surface area contributed by atoms with Gasteiger partial charge in [-0.05, 0) is 11.4 Å². The molecule has 2 aromatic heterocycles. The van der Waals surface area contributed by atoms with Crippen molar-refractivity contribution in [2.24, 2.45) is 5.73 Å². The Bertz CT molecular complexity index is 528. The monoisotopic (exact) mass is 282 g/mol. The van der Waals surface area contributed by atoms with Crippen molar-refractivity contribution in [2.45, 2.75) is 11.4 Å². The maximum Gasteiger partial charge on any atom is 0.220 e. The third-order valence-electron chi connectivity index (χ3n) is 2.26. The summed E-state index contributed by atoms with van der Waals surface area (Å²) in [5.41, 5.74) is 5.31. The number of rotatable bonds is 6. The van der Waals surface area contributed by atoms with Crippen molar-refractivity contribution in [3.8, 4) is 0 Å². The van der Waals surface area contributed by atoms with E-state index in [0.717, 1.165) is 15.2 Å². The van der Waals surface area contributed by atoms with Crippen LogP contribution in [0.5, 0.6) is 0 Å². The normalized spacial score (nSPS) is 10.7. The van der Waals surface area contributed by atoms with Crippen molar-refractivity contribution in [3.05, 3.63) is 17.8 Å². The van der Waals surface area contributed by atoms with E-state index in [0.29, 0.717) is 25.3 Å². The molecule has 0 aliphatic carbocycles. The number of nitrogens with zero attached hydrogens (tertiary/aromatic N) is 2. The van der Waals surface area contributed by atoms with Crippen LogP contribution in [0.15, 0.2) is 22.8 Å². The SMILES string of the molecule is NCCNC(=O)CCSc1ncnc2sccc12. The molecule has 0 spiro atoms. The number of nitrogens with one attached hydrogen (secondary N) is 1. The van der Waals surface area contributed by atoms with Crippen LogP contribution in [-0.2, 0) is 4.79 Å². The molecule has 2 aromatic rings. The van der Waals surface area contributed by atoms with Gasteiger partial charge in [-0.1, -0.05) is 0 Å². The molecule has 0 atom stereocenters. The standard InChI is InChI=1S/C11H14N4OS2/c12-3-4-13-9(16)2-6-18-11-8-1-5-17-10(8)14-7-15-11/h1,5,7H,2-4,6,12H2,(H,13,16). The van der Waals surface area contributed by atoms with Crippen LogP contribution in [0.1, 0.15) is 6.42 Å². The fourth-order valence-corrected chi connectivity index (χ4v) is 3.14. The van der Waals surface area contributed by atoms with E-state index < -0.39 is 0 Å². The summed E-state index contributed by atoms with van der Waals surface area (Å²) in [5.74, 6) is 0.738. The highest BCUT2D eigenvalue weighted by molar-refractivity contribution is 7.99. The van der Waals surface area contributed by atoms with Gasteiger partial charge in [0.2, 0.25) is 5.91 Å². The summed E-state index contributed by atoms with van der Waals surface area (Å²) >= 11 is 3.17. The van der Waals surface area contributed by atoms with E-state index in [1.165, 1.54) is 0 Å². The van der Waals surface area contributed by atoms with Crippen LogP contribution in [0.4, 0.5) is 0 Å². The molecule has 18 heavy (non-hydrogen) atoms. The van der Waals surface area contributed by atoms with E-state index in [4.69, 9.17) is 5.73 Å². The van der Waals surface area contributed by atoms with E-state index in [2.05, 4.69) is 15.3 Å². The van der Waals surface area contributed by atoms with Crippen LogP contribution in [-0.4, -0.2) is 34.7 Å². The second kappa shape index (κ2) is 6.67. The molecule has 5 nitrogen and oxygen atoms in total. The smallest absolute Gasteiger partial charge is 0.220 e. The number of amides is 1. The molecule has 96 valence electrons. The van der Waals surface area contributed by atoms with Crippen molar-refractivity contribution in [3.63, 3.8) is 0 Å². The summed E-state index contributed by atoms with van der Waals surface area (Å²) in [6, 6.07) is 2.01. The Labute approximate surface area is 113 Å². The molecule has 0 saturated carbocycles. The maximum absolute atomic E-state index is 11.4. The summed E-state index contributed by atoms with van der Waals surface area (Å²) in [6.07, 6.45) is 2.04. The topological polar surface area (TPSA) is 80.9 Å². The number of aromatic nitrogens is 2. The Morgan fingerprint density at radius 3 is 3.22 bits per heavy atom. The summed E-state index contributed by atoms with van der Waals surface area (Å²) in [7, 11) is 0. The lowest BCUT2D eigenvalue weighted by Gasteiger charge is -2.03. The molecule has 0 aromatic carbocycles. The molecule has 7 heteroatoms. The molecular weight excluding hydrogens is 268 g/mol. The third-order valence-corrected chi connectivity index (χ3v) is 4.09. The van der Waals surface area contributed by atoms with Gasteiger partial charge in [0.1, 0.15) is 16.2 Å². The first-order chi connectivity index (χ1) is 8.81. The van der Waals surface area contributed by atoms with E-state index in [9.17, 15) is 4.79 Å². The fourth-order valence-electron chi connectivity index (χ4n) is 1.42. The molecule has 1 amide bonds. The molecule has 0 bridgehead atoms. The van der Waals surface area contributed by atoms with Crippen molar-refractivity contribution >= 4 is 39.2 Å². The van der Waals surface area contributed by atoms with Gasteiger partial charge in [-0.3, -0.25) is 4.79 Å². The molecule has 0 fully saturated rings. The van der Waals surface area contributed by atoms with Crippen LogP contribution in [0.25, 0.3) is 10.2 Å². The minimum Gasteiger partial charge on any atom is -0.355 e. The Morgan fingerprint density at radius 1 is 1.50 bits per heavy atom. The first-order valence-corrected chi connectivity index (χ1v) is 7.45. The minimum atomic E-state index is 0.0311. The van der Waals surface area contributed by atoms with Gasteiger partial charge in [0.05, 0.1) is 0 Å². The van der Waals surface area contributed by atoms with Crippen LogP contribution >= 0.6 is 23.1 Å². The maximum atomic E-state index is 11.4. The van der Waals surface area contributed by atoms with Crippen LogP contribution < -0.4 is 11.1 Å². The second-order valence-corrected chi connectivity index (χ2v) is 5.53. The van der Waals surface area contributed by atoms with Gasteiger partial charge in [-0.15, -0.1) is 23.1 Å². The molecule has 0 aliphatic rings. The molecule has 3 N–H and O–H groups in total. The number of carbonyl (C=O) groups excluding carboxylic acids is 1. The number of thioether (sulfide) groups is 1. The highest BCUT2D eigenvalue weighted by atomic mass is 32.2. The summed E-state index contributed by atoms with van der Waals surface area (Å²) in [6.45, 7) is 1.01. The number of nitrogens with two attached hydrogens (primary N) is 1. The number of fused-ring (bicyclic) bond motifs is 1. The van der Waals surface area contributed by atoms with Crippen LogP contribution in [0.3, 0.4) is 0 Å². The van der Waals surface area contributed by atoms with Gasteiger partial charge >= 0.3 is 0 Å². The molecule has 2 heterocycles. The number of carbonyl (C=O) groups is 1. The second-order valence-electron chi connectivity index (χ2n) is 3.56. The number of thiophene rings is 1. The lowest BCUT2D eigenvalue weighted by Crippen LogP contribution is -2.29.